The Morgan fingerprint density at radius 1 is 1.40 bits per heavy atom. The summed E-state index contributed by atoms with van der Waals surface area (Å²) < 4.78 is 0. The third kappa shape index (κ3) is 4.66. The molecule has 0 radical (unpaired) electrons. The van der Waals surface area contributed by atoms with E-state index in [2.05, 4.69) is 22.5 Å². The van der Waals surface area contributed by atoms with E-state index in [4.69, 9.17) is 5.73 Å². The molecule has 6 heteroatoms. The van der Waals surface area contributed by atoms with Crippen molar-refractivity contribution in [3.05, 3.63) is 35.4 Å². The van der Waals surface area contributed by atoms with Crippen LogP contribution in [0.2, 0.25) is 0 Å². The van der Waals surface area contributed by atoms with Crippen LogP contribution < -0.4 is 16.4 Å². The lowest BCUT2D eigenvalue weighted by molar-refractivity contribution is 0.100. The average Bonchev–Trinajstić information content (AvgIpc) is 3.10. The van der Waals surface area contributed by atoms with Gasteiger partial charge in [-0.1, -0.05) is 19.1 Å². The molecule has 1 saturated carbocycles. The SMILES string of the molecule is CN=C(NCc1ccc(C(N)=O)cc1)NC1CC1C.I. The summed E-state index contributed by atoms with van der Waals surface area (Å²) in [6.45, 7) is 2.88. The van der Waals surface area contributed by atoms with Crippen LogP contribution in [0, 0.1) is 5.92 Å². The van der Waals surface area contributed by atoms with Crippen LogP contribution in [0.15, 0.2) is 29.3 Å². The van der Waals surface area contributed by atoms with Crippen molar-refractivity contribution >= 4 is 35.8 Å². The molecule has 1 fully saturated rings. The van der Waals surface area contributed by atoms with Gasteiger partial charge in [-0.25, -0.2) is 0 Å². The number of halogens is 1. The molecule has 5 nitrogen and oxygen atoms in total. The molecule has 1 amide bonds. The van der Waals surface area contributed by atoms with Crippen molar-refractivity contribution in [1.29, 1.82) is 0 Å². The molecule has 0 saturated heterocycles. The number of hydrogen-bond acceptors (Lipinski definition) is 2. The van der Waals surface area contributed by atoms with Gasteiger partial charge in [-0.2, -0.15) is 0 Å². The largest absolute Gasteiger partial charge is 0.366 e. The summed E-state index contributed by atoms with van der Waals surface area (Å²) in [4.78, 5) is 15.1. The van der Waals surface area contributed by atoms with E-state index >= 15 is 0 Å². The molecule has 110 valence electrons. The van der Waals surface area contributed by atoms with Crippen molar-refractivity contribution < 1.29 is 4.79 Å². The quantitative estimate of drug-likeness (QED) is 0.415. The minimum atomic E-state index is -0.403. The van der Waals surface area contributed by atoms with Crippen molar-refractivity contribution in [3.8, 4) is 0 Å². The van der Waals surface area contributed by atoms with Crippen LogP contribution in [-0.2, 0) is 6.54 Å². The van der Waals surface area contributed by atoms with Crippen LogP contribution >= 0.6 is 24.0 Å². The number of carbonyl (C=O) groups is 1. The predicted molar refractivity (Wildman–Crippen MR) is 91.3 cm³/mol. The topological polar surface area (TPSA) is 79.5 Å². The van der Waals surface area contributed by atoms with Crippen molar-refractivity contribution in [2.24, 2.45) is 16.6 Å². The molecular formula is C14H21IN4O. The second-order valence-corrected chi connectivity index (χ2v) is 4.95. The normalized spacial score (nSPS) is 20.8. The molecule has 2 atom stereocenters. The smallest absolute Gasteiger partial charge is 0.248 e. The zero-order chi connectivity index (χ0) is 13.8. The van der Waals surface area contributed by atoms with Crippen molar-refractivity contribution in [3.63, 3.8) is 0 Å². The number of amides is 1. The Bertz CT molecular complexity index is 486. The van der Waals surface area contributed by atoms with E-state index in [1.54, 1.807) is 19.2 Å². The average molecular weight is 388 g/mol. The number of nitrogens with one attached hydrogen (secondary N) is 2. The lowest BCUT2D eigenvalue weighted by Crippen LogP contribution is -2.38. The van der Waals surface area contributed by atoms with Crippen LogP contribution in [0.1, 0.15) is 29.3 Å². The minimum Gasteiger partial charge on any atom is -0.366 e. The zero-order valence-electron chi connectivity index (χ0n) is 11.7. The van der Waals surface area contributed by atoms with E-state index in [9.17, 15) is 4.79 Å². The fraction of sp³-hybridized carbons (Fsp3) is 0.429. The fourth-order valence-corrected chi connectivity index (χ4v) is 1.87. The molecule has 2 unspecified atom stereocenters. The summed E-state index contributed by atoms with van der Waals surface area (Å²) in [6.07, 6.45) is 1.20. The lowest BCUT2D eigenvalue weighted by atomic mass is 10.1. The predicted octanol–water partition coefficient (Wildman–Crippen LogP) is 1.48. The standard InChI is InChI=1S/C14H20N4O.HI/c1-9-7-12(9)18-14(16-2)17-8-10-3-5-11(6-4-10)13(15)19;/h3-6,9,12H,7-8H2,1-2H3,(H2,15,19)(H2,16,17,18);1H. The molecule has 0 heterocycles. The molecule has 1 aromatic carbocycles. The third-order valence-electron chi connectivity index (χ3n) is 3.35. The molecule has 0 spiro atoms. The number of carbonyl (C=O) groups excluding carboxylic acids is 1. The second kappa shape index (κ2) is 7.47. The van der Waals surface area contributed by atoms with E-state index in [1.165, 1.54) is 6.42 Å². The minimum absolute atomic E-state index is 0. The Hall–Kier alpha value is -1.31. The van der Waals surface area contributed by atoms with Gasteiger partial charge in [0.15, 0.2) is 5.96 Å². The summed E-state index contributed by atoms with van der Waals surface area (Å²) >= 11 is 0. The number of aliphatic imine (C=N–C) groups is 1. The highest BCUT2D eigenvalue weighted by atomic mass is 127. The van der Waals surface area contributed by atoms with Gasteiger partial charge in [0.05, 0.1) is 0 Å². The first kappa shape index (κ1) is 16.7. The maximum absolute atomic E-state index is 11.0. The van der Waals surface area contributed by atoms with Crippen molar-refractivity contribution in [2.45, 2.75) is 25.9 Å². The molecule has 2 rings (SSSR count). The van der Waals surface area contributed by atoms with Crippen LogP contribution in [0.25, 0.3) is 0 Å². The maximum Gasteiger partial charge on any atom is 0.248 e. The summed E-state index contributed by atoms with van der Waals surface area (Å²) in [5, 5.41) is 6.60. The monoisotopic (exact) mass is 388 g/mol. The molecule has 1 aromatic rings. The van der Waals surface area contributed by atoms with E-state index in [-0.39, 0.29) is 24.0 Å². The number of primary amides is 1. The molecule has 0 bridgehead atoms. The van der Waals surface area contributed by atoms with E-state index < -0.39 is 5.91 Å². The van der Waals surface area contributed by atoms with Gasteiger partial charge < -0.3 is 16.4 Å². The highest BCUT2D eigenvalue weighted by molar-refractivity contribution is 14.0. The summed E-state index contributed by atoms with van der Waals surface area (Å²) in [5.41, 5.74) is 6.80. The van der Waals surface area contributed by atoms with Gasteiger partial charge in [0.1, 0.15) is 0 Å². The number of rotatable bonds is 4. The van der Waals surface area contributed by atoms with Gasteiger partial charge in [-0.05, 0) is 30.0 Å². The first-order chi connectivity index (χ1) is 9.10. The molecule has 20 heavy (non-hydrogen) atoms. The third-order valence-corrected chi connectivity index (χ3v) is 3.35. The van der Waals surface area contributed by atoms with Crippen LogP contribution in [-0.4, -0.2) is 25.0 Å². The number of nitrogens with two attached hydrogens (primary N) is 1. The first-order valence-corrected chi connectivity index (χ1v) is 6.46. The highest BCUT2D eigenvalue weighted by Gasteiger charge is 2.33. The van der Waals surface area contributed by atoms with Gasteiger partial charge in [0.2, 0.25) is 5.91 Å². The summed E-state index contributed by atoms with van der Waals surface area (Å²) in [6, 6.07) is 7.79. The van der Waals surface area contributed by atoms with Crippen molar-refractivity contribution in [2.75, 3.05) is 7.05 Å². The Balaban J connectivity index is 0.00000200. The Morgan fingerprint density at radius 3 is 2.45 bits per heavy atom. The number of hydrogen-bond donors (Lipinski definition) is 3. The van der Waals surface area contributed by atoms with Gasteiger partial charge in [0, 0.05) is 25.2 Å². The van der Waals surface area contributed by atoms with Gasteiger partial charge in [-0.15, -0.1) is 24.0 Å². The van der Waals surface area contributed by atoms with E-state index in [1.807, 2.05) is 12.1 Å². The number of benzene rings is 1. The molecule has 1 aliphatic carbocycles. The summed E-state index contributed by atoms with van der Waals surface area (Å²) in [7, 11) is 1.76. The van der Waals surface area contributed by atoms with Crippen LogP contribution in [0.5, 0.6) is 0 Å². The molecule has 0 aromatic heterocycles. The first-order valence-electron chi connectivity index (χ1n) is 6.46. The van der Waals surface area contributed by atoms with E-state index in [0.717, 1.165) is 17.4 Å². The van der Waals surface area contributed by atoms with Crippen LogP contribution in [0.4, 0.5) is 0 Å². The Labute approximate surface area is 136 Å². The Kier molecular flexibility index (Phi) is 6.25. The van der Waals surface area contributed by atoms with Gasteiger partial charge in [0.25, 0.3) is 0 Å². The van der Waals surface area contributed by atoms with Crippen molar-refractivity contribution in [1.82, 2.24) is 10.6 Å². The fourth-order valence-electron chi connectivity index (χ4n) is 1.87. The highest BCUT2D eigenvalue weighted by Crippen LogP contribution is 2.28. The van der Waals surface area contributed by atoms with E-state index in [0.29, 0.717) is 18.2 Å². The number of nitrogens with zero attached hydrogens (tertiary/aromatic N) is 1. The van der Waals surface area contributed by atoms with Gasteiger partial charge >= 0.3 is 0 Å². The van der Waals surface area contributed by atoms with Gasteiger partial charge in [-0.3, -0.25) is 9.79 Å². The van der Waals surface area contributed by atoms with Crippen LogP contribution in [0.3, 0.4) is 0 Å². The maximum atomic E-state index is 11.0. The molecular weight excluding hydrogens is 367 g/mol. The second-order valence-electron chi connectivity index (χ2n) is 4.95. The molecule has 0 aliphatic heterocycles. The Morgan fingerprint density at radius 2 is 2.00 bits per heavy atom. The summed E-state index contributed by atoms with van der Waals surface area (Å²) in [5.74, 6) is 1.14. The zero-order valence-corrected chi connectivity index (χ0v) is 14.0. The lowest BCUT2D eigenvalue weighted by Gasteiger charge is -2.11. The molecule has 4 N–H and O–H groups in total. The number of guanidine groups is 1. The molecule has 1 aliphatic rings.